The van der Waals surface area contributed by atoms with Gasteiger partial charge >= 0.3 is 11.8 Å². The number of hydrogen-bond donors (Lipinski definition) is 3. The summed E-state index contributed by atoms with van der Waals surface area (Å²) in [6, 6.07) is 10.8. The summed E-state index contributed by atoms with van der Waals surface area (Å²) in [5.74, 6) is -1.30. The van der Waals surface area contributed by atoms with Crippen LogP contribution in [0.5, 0.6) is 11.5 Å². The van der Waals surface area contributed by atoms with Crippen molar-refractivity contribution in [1.82, 2.24) is 5.43 Å². The van der Waals surface area contributed by atoms with Crippen LogP contribution >= 0.6 is 11.6 Å². The van der Waals surface area contributed by atoms with Gasteiger partial charge < -0.3 is 15.2 Å². The molecule has 7 nitrogen and oxygen atoms in total. The van der Waals surface area contributed by atoms with E-state index in [2.05, 4.69) is 22.4 Å². The number of carbonyl (C=O) groups excluding carboxylic acids is 2. The van der Waals surface area contributed by atoms with Gasteiger partial charge in [0.15, 0.2) is 0 Å². The Bertz CT molecular complexity index is 835. The molecule has 0 aromatic heterocycles. The quantitative estimate of drug-likeness (QED) is 0.313. The first-order valence-corrected chi connectivity index (χ1v) is 7.84. The smallest absolute Gasteiger partial charge is 0.329 e. The van der Waals surface area contributed by atoms with E-state index in [0.29, 0.717) is 28.6 Å². The molecule has 26 heavy (non-hydrogen) atoms. The molecule has 0 unspecified atom stereocenters. The van der Waals surface area contributed by atoms with E-state index in [9.17, 15) is 14.7 Å². The normalized spacial score (nSPS) is 10.3. The summed E-state index contributed by atoms with van der Waals surface area (Å²) in [5, 5.41) is 16.1. The van der Waals surface area contributed by atoms with E-state index in [-0.39, 0.29) is 5.75 Å². The zero-order valence-corrected chi connectivity index (χ0v) is 14.4. The van der Waals surface area contributed by atoms with Gasteiger partial charge in [0.25, 0.3) is 0 Å². The Kier molecular flexibility index (Phi) is 6.75. The van der Waals surface area contributed by atoms with Crippen molar-refractivity contribution in [1.29, 1.82) is 0 Å². The third kappa shape index (κ3) is 5.64. The lowest BCUT2D eigenvalue weighted by Crippen LogP contribution is -2.32. The molecule has 0 aliphatic carbocycles. The topological polar surface area (TPSA) is 100 Å². The first-order valence-electron chi connectivity index (χ1n) is 7.46. The molecular weight excluding hydrogens is 358 g/mol. The zero-order chi connectivity index (χ0) is 18.9. The van der Waals surface area contributed by atoms with Gasteiger partial charge in [0.05, 0.1) is 6.21 Å². The van der Waals surface area contributed by atoms with Crippen molar-refractivity contribution in [3.05, 3.63) is 65.7 Å². The molecule has 0 saturated heterocycles. The summed E-state index contributed by atoms with van der Waals surface area (Å²) in [7, 11) is 0. The highest BCUT2D eigenvalue weighted by atomic mass is 35.5. The number of hydrazone groups is 1. The number of benzene rings is 2. The van der Waals surface area contributed by atoms with Crippen molar-refractivity contribution in [3.63, 3.8) is 0 Å². The van der Waals surface area contributed by atoms with E-state index in [4.69, 9.17) is 16.3 Å². The molecule has 0 aliphatic rings. The minimum atomic E-state index is -0.963. The van der Waals surface area contributed by atoms with Crippen LogP contribution in [0.4, 0.5) is 5.69 Å². The van der Waals surface area contributed by atoms with Gasteiger partial charge in [-0.05, 0) is 42.5 Å². The van der Waals surface area contributed by atoms with Crippen LogP contribution in [0.3, 0.4) is 0 Å². The largest absolute Gasteiger partial charge is 0.507 e. The van der Waals surface area contributed by atoms with Crippen LogP contribution in [-0.4, -0.2) is 29.7 Å². The second kappa shape index (κ2) is 9.24. The second-order valence-electron chi connectivity index (χ2n) is 4.98. The van der Waals surface area contributed by atoms with Crippen molar-refractivity contribution >= 4 is 35.3 Å². The molecule has 2 aromatic rings. The minimum Gasteiger partial charge on any atom is -0.507 e. The molecule has 2 aromatic carbocycles. The minimum absolute atomic E-state index is 0.0596. The molecule has 2 amide bonds. The fraction of sp³-hybridized carbons (Fsp3) is 0.0556. The van der Waals surface area contributed by atoms with E-state index in [1.54, 1.807) is 30.3 Å². The van der Waals surface area contributed by atoms with Gasteiger partial charge in [-0.1, -0.05) is 24.3 Å². The van der Waals surface area contributed by atoms with Crippen LogP contribution in [0.1, 0.15) is 5.56 Å². The highest BCUT2D eigenvalue weighted by Gasteiger charge is 2.13. The number of halogens is 1. The average molecular weight is 374 g/mol. The Balaban J connectivity index is 1.89. The Morgan fingerprint density at radius 2 is 1.92 bits per heavy atom. The summed E-state index contributed by atoms with van der Waals surface area (Å²) in [6.45, 7) is 3.92. The van der Waals surface area contributed by atoms with Crippen LogP contribution in [0.25, 0.3) is 0 Å². The predicted octanol–water partition coefficient (Wildman–Crippen LogP) is 2.70. The number of nitrogens with one attached hydrogen (secondary N) is 2. The number of phenolic OH excluding ortho intramolecular Hbond substituents is 1. The molecule has 3 N–H and O–H groups in total. The second-order valence-corrected chi connectivity index (χ2v) is 5.42. The Morgan fingerprint density at radius 1 is 1.19 bits per heavy atom. The number of rotatable bonds is 6. The molecule has 0 bridgehead atoms. The summed E-state index contributed by atoms with van der Waals surface area (Å²) >= 11 is 5.80. The Morgan fingerprint density at radius 3 is 2.62 bits per heavy atom. The molecule has 0 fully saturated rings. The molecule has 0 saturated carbocycles. The van der Waals surface area contributed by atoms with Gasteiger partial charge in [-0.25, -0.2) is 5.43 Å². The van der Waals surface area contributed by atoms with Gasteiger partial charge in [-0.15, -0.1) is 0 Å². The molecule has 134 valence electrons. The Hall–Kier alpha value is -3.32. The van der Waals surface area contributed by atoms with Crippen LogP contribution < -0.4 is 15.5 Å². The van der Waals surface area contributed by atoms with E-state index >= 15 is 0 Å². The maximum absolute atomic E-state index is 11.8. The van der Waals surface area contributed by atoms with E-state index in [1.165, 1.54) is 24.4 Å². The lowest BCUT2D eigenvalue weighted by molar-refractivity contribution is -0.136. The molecule has 8 heteroatoms. The molecular formula is C18H16ClN3O4. The molecule has 0 spiro atoms. The summed E-state index contributed by atoms with van der Waals surface area (Å²) < 4.78 is 5.32. The number of ether oxygens (including phenoxy) is 1. The highest BCUT2D eigenvalue weighted by molar-refractivity contribution is 6.39. The first-order chi connectivity index (χ1) is 12.5. The number of aromatic hydroxyl groups is 1. The van der Waals surface area contributed by atoms with Crippen molar-refractivity contribution < 1.29 is 19.4 Å². The third-order valence-corrected chi connectivity index (χ3v) is 3.28. The average Bonchev–Trinajstić information content (AvgIpc) is 2.63. The van der Waals surface area contributed by atoms with Gasteiger partial charge in [0.2, 0.25) is 0 Å². The SMILES string of the molecule is C=CCOc1ccc(NC(=O)C(=O)N/N=C\c2cc(Cl)ccc2O)cc1. The van der Waals surface area contributed by atoms with Crippen molar-refractivity contribution in [2.24, 2.45) is 5.10 Å². The lowest BCUT2D eigenvalue weighted by atomic mass is 10.2. The van der Waals surface area contributed by atoms with Crippen molar-refractivity contribution in [2.45, 2.75) is 0 Å². The van der Waals surface area contributed by atoms with Gasteiger partial charge in [-0.3, -0.25) is 9.59 Å². The van der Waals surface area contributed by atoms with Crippen LogP contribution in [0, 0.1) is 0 Å². The fourth-order valence-corrected chi connectivity index (χ4v) is 2.00. The van der Waals surface area contributed by atoms with E-state index < -0.39 is 11.8 Å². The van der Waals surface area contributed by atoms with E-state index in [1.807, 2.05) is 0 Å². The zero-order valence-electron chi connectivity index (χ0n) is 13.6. The lowest BCUT2D eigenvalue weighted by Gasteiger charge is -2.06. The molecule has 0 atom stereocenters. The number of anilines is 1. The molecule has 0 aliphatic heterocycles. The maximum Gasteiger partial charge on any atom is 0.329 e. The van der Waals surface area contributed by atoms with Gasteiger partial charge in [0, 0.05) is 16.3 Å². The monoisotopic (exact) mass is 373 g/mol. The standard InChI is InChI=1S/C18H16ClN3O4/c1-2-9-26-15-6-4-14(5-7-15)21-17(24)18(25)22-20-11-12-10-13(19)3-8-16(12)23/h2-8,10-11,23H,1,9H2,(H,21,24)(H,22,25)/b20-11-. The predicted molar refractivity (Wildman–Crippen MR) is 99.6 cm³/mol. The first kappa shape index (κ1) is 19.0. The van der Waals surface area contributed by atoms with Crippen LogP contribution in [0.2, 0.25) is 5.02 Å². The van der Waals surface area contributed by atoms with Crippen molar-refractivity contribution in [2.75, 3.05) is 11.9 Å². The van der Waals surface area contributed by atoms with Crippen LogP contribution in [-0.2, 0) is 9.59 Å². The molecule has 0 radical (unpaired) electrons. The number of nitrogens with zero attached hydrogens (tertiary/aromatic N) is 1. The summed E-state index contributed by atoms with van der Waals surface area (Å²) in [6.07, 6.45) is 2.79. The number of carbonyl (C=O) groups is 2. The number of amides is 2. The molecule has 0 heterocycles. The summed E-state index contributed by atoms with van der Waals surface area (Å²) in [4.78, 5) is 23.6. The number of phenols is 1. The van der Waals surface area contributed by atoms with Gasteiger partial charge in [0.1, 0.15) is 18.1 Å². The highest BCUT2D eigenvalue weighted by Crippen LogP contribution is 2.19. The maximum atomic E-state index is 11.8. The van der Waals surface area contributed by atoms with Crippen LogP contribution in [0.15, 0.2) is 60.2 Å². The molecule has 2 rings (SSSR count). The Labute approximate surface area is 154 Å². The number of hydrogen-bond acceptors (Lipinski definition) is 5. The summed E-state index contributed by atoms with van der Waals surface area (Å²) in [5.41, 5.74) is 2.79. The van der Waals surface area contributed by atoms with Crippen molar-refractivity contribution in [3.8, 4) is 11.5 Å². The van der Waals surface area contributed by atoms with E-state index in [0.717, 1.165) is 0 Å². The fourth-order valence-electron chi connectivity index (χ4n) is 1.82. The third-order valence-electron chi connectivity index (χ3n) is 3.05. The van der Waals surface area contributed by atoms with Gasteiger partial charge in [-0.2, -0.15) is 5.10 Å².